The summed E-state index contributed by atoms with van der Waals surface area (Å²) in [6.07, 6.45) is 6.76. The summed E-state index contributed by atoms with van der Waals surface area (Å²) in [5.74, 6) is 0.404. The number of carbonyl (C=O) groups excluding carboxylic acids is 2. The molecule has 1 aromatic rings. The van der Waals surface area contributed by atoms with Gasteiger partial charge in [-0.2, -0.15) is 0 Å². The fourth-order valence-corrected chi connectivity index (χ4v) is 5.86. The maximum atomic E-state index is 13.2. The van der Waals surface area contributed by atoms with Gasteiger partial charge in [-0.25, -0.2) is 0 Å². The monoisotopic (exact) mass is 341 g/mol. The van der Waals surface area contributed by atoms with Gasteiger partial charge in [-0.3, -0.25) is 14.5 Å². The summed E-state index contributed by atoms with van der Waals surface area (Å²) in [5, 5.41) is 0.619. The minimum absolute atomic E-state index is 0.0164. The van der Waals surface area contributed by atoms with Crippen molar-refractivity contribution < 1.29 is 9.59 Å². The summed E-state index contributed by atoms with van der Waals surface area (Å²) in [4.78, 5) is 27.9. The van der Waals surface area contributed by atoms with Gasteiger partial charge in [0.15, 0.2) is 0 Å². The molecule has 3 nitrogen and oxygen atoms in total. The van der Waals surface area contributed by atoms with E-state index in [-0.39, 0.29) is 23.7 Å². The van der Waals surface area contributed by atoms with E-state index in [1.54, 1.807) is 24.3 Å². The number of allylic oxidation sites excluding steroid dienone is 2. The van der Waals surface area contributed by atoms with Gasteiger partial charge in [0.25, 0.3) is 0 Å². The number of fused-ring (bicyclic) bond motifs is 5. The fraction of sp³-hybridized carbons (Fsp3) is 0.500. The van der Waals surface area contributed by atoms with Crippen LogP contribution >= 0.6 is 11.6 Å². The second-order valence-electron chi connectivity index (χ2n) is 7.59. The molecule has 2 amide bonds. The summed E-state index contributed by atoms with van der Waals surface area (Å²) < 4.78 is 0. The van der Waals surface area contributed by atoms with Gasteiger partial charge in [0.1, 0.15) is 0 Å². The van der Waals surface area contributed by atoms with E-state index in [4.69, 9.17) is 11.6 Å². The molecule has 3 fully saturated rings. The van der Waals surface area contributed by atoms with Crippen LogP contribution in [0.3, 0.4) is 0 Å². The maximum absolute atomic E-state index is 13.2. The highest BCUT2D eigenvalue weighted by Gasteiger charge is 2.59. The molecule has 0 N–H and O–H groups in total. The van der Waals surface area contributed by atoms with E-state index in [2.05, 4.69) is 0 Å². The molecule has 5 rings (SSSR count). The summed E-state index contributed by atoms with van der Waals surface area (Å²) >= 11 is 5.96. The highest BCUT2D eigenvalue weighted by Crippen LogP contribution is 2.57. The second kappa shape index (κ2) is 5.19. The number of amides is 2. The lowest BCUT2D eigenvalue weighted by atomic mass is 9.66. The maximum Gasteiger partial charge on any atom is 0.238 e. The molecule has 4 aliphatic rings. The standard InChI is InChI=1S/C20H20ClNO2/c21-11-7-9-12(10-8-11)22-19(23)17-15-5-1-3-13(15)14-4-2-6-16(14)18(17)20(22)24/h7-10,15-18H,1-6H2/t15-,16-,17-,18+/m0/s1. The molecular formula is C20H20ClNO2. The molecule has 0 bridgehead atoms. The van der Waals surface area contributed by atoms with Crippen molar-refractivity contribution in [1.29, 1.82) is 0 Å². The van der Waals surface area contributed by atoms with Gasteiger partial charge in [0.05, 0.1) is 17.5 Å². The lowest BCUT2D eigenvalue weighted by molar-refractivity contribution is -0.122. The first-order valence-electron chi connectivity index (χ1n) is 9.02. The van der Waals surface area contributed by atoms with Crippen LogP contribution in [0.2, 0.25) is 5.02 Å². The lowest BCUT2D eigenvalue weighted by Gasteiger charge is -2.34. The van der Waals surface area contributed by atoms with Crippen LogP contribution in [0.5, 0.6) is 0 Å². The minimum Gasteiger partial charge on any atom is -0.274 e. The number of imide groups is 1. The summed E-state index contributed by atoms with van der Waals surface area (Å²) in [5.41, 5.74) is 3.75. The summed E-state index contributed by atoms with van der Waals surface area (Å²) in [6, 6.07) is 7.07. The van der Waals surface area contributed by atoms with E-state index in [0.717, 1.165) is 25.7 Å². The van der Waals surface area contributed by atoms with Crippen molar-refractivity contribution in [2.75, 3.05) is 4.90 Å². The lowest BCUT2D eigenvalue weighted by Crippen LogP contribution is -2.35. The Balaban J connectivity index is 1.60. The van der Waals surface area contributed by atoms with E-state index >= 15 is 0 Å². The first kappa shape index (κ1) is 14.7. The number of benzene rings is 1. The molecule has 0 spiro atoms. The Kier molecular flexibility index (Phi) is 3.18. The molecule has 4 heteroatoms. The molecule has 3 aliphatic carbocycles. The Labute approximate surface area is 146 Å². The van der Waals surface area contributed by atoms with Crippen LogP contribution in [0.1, 0.15) is 38.5 Å². The van der Waals surface area contributed by atoms with Crippen molar-refractivity contribution in [2.45, 2.75) is 38.5 Å². The smallest absolute Gasteiger partial charge is 0.238 e. The Hall–Kier alpha value is -1.61. The van der Waals surface area contributed by atoms with Gasteiger partial charge in [-0.1, -0.05) is 22.7 Å². The molecular weight excluding hydrogens is 322 g/mol. The van der Waals surface area contributed by atoms with Crippen molar-refractivity contribution >= 4 is 29.1 Å². The Morgan fingerprint density at radius 1 is 0.833 bits per heavy atom. The highest BCUT2D eigenvalue weighted by molar-refractivity contribution is 6.30. The molecule has 0 unspecified atom stereocenters. The second-order valence-corrected chi connectivity index (χ2v) is 8.02. The number of anilines is 1. The minimum atomic E-state index is -0.127. The third kappa shape index (κ3) is 1.85. The summed E-state index contributed by atoms with van der Waals surface area (Å²) in [6.45, 7) is 0. The van der Waals surface area contributed by atoms with Crippen LogP contribution in [-0.2, 0) is 9.59 Å². The number of nitrogens with zero attached hydrogens (tertiary/aromatic N) is 1. The van der Waals surface area contributed by atoms with Gasteiger partial charge in [-0.05, 0) is 74.6 Å². The molecule has 2 saturated carbocycles. The highest BCUT2D eigenvalue weighted by atomic mass is 35.5. The normalized spacial score (nSPS) is 34.6. The van der Waals surface area contributed by atoms with Crippen molar-refractivity contribution in [1.82, 2.24) is 0 Å². The molecule has 0 aromatic heterocycles. The van der Waals surface area contributed by atoms with Gasteiger partial charge >= 0.3 is 0 Å². The van der Waals surface area contributed by atoms with Gasteiger partial charge < -0.3 is 0 Å². The average Bonchev–Trinajstić information content (AvgIpc) is 3.27. The molecule has 124 valence electrons. The number of rotatable bonds is 1. The molecule has 0 radical (unpaired) electrons. The van der Waals surface area contributed by atoms with Gasteiger partial charge in [0.2, 0.25) is 11.8 Å². The summed E-state index contributed by atoms with van der Waals surface area (Å²) in [7, 11) is 0. The predicted octanol–water partition coefficient (Wildman–Crippen LogP) is 4.36. The Morgan fingerprint density at radius 2 is 1.33 bits per heavy atom. The number of carbonyl (C=O) groups is 2. The van der Waals surface area contributed by atoms with Crippen LogP contribution < -0.4 is 4.90 Å². The molecule has 4 atom stereocenters. The predicted molar refractivity (Wildman–Crippen MR) is 92.6 cm³/mol. The third-order valence-corrected chi connectivity index (χ3v) is 6.83. The van der Waals surface area contributed by atoms with E-state index in [0.29, 0.717) is 22.5 Å². The SMILES string of the molecule is O=C1[C@@H]2[C@H](C(=O)N1c1ccc(Cl)cc1)[C@H]1CCCC1=C1CCC[C@@H]12. The van der Waals surface area contributed by atoms with Crippen LogP contribution in [0.25, 0.3) is 0 Å². The van der Waals surface area contributed by atoms with E-state index in [1.807, 2.05) is 0 Å². The van der Waals surface area contributed by atoms with E-state index in [1.165, 1.54) is 28.9 Å². The first-order valence-corrected chi connectivity index (χ1v) is 9.40. The van der Waals surface area contributed by atoms with E-state index in [9.17, 15) is 9.59 Å². The molecule has 24 heavy (non-hydrogen) atoms. The molecule has 1 aromatic carbocycles. The van der Waals surface area contributed by atoms with Crippen LogP contribution in [-0.4, -0.2) is 11.8 Å². The van der Waals surface area contributed by atoms with E-state index < -0.39 is 0 Å². The zero-order valence-corrected chi connectivity index (χ0v) is 14.3. The van der Waals surface area contributed by atoms with Crippen molar-refractivity contribution in [3.63, 3.8) is 0 Å². The molecule has 1 aliphatic heterocycles. The number of halogens is 1. The van der Waals surface area contributed by atoms with Gasteiger partial charge in [-0.15, -0.1) is 0 Å². The molecule has 1 heterocycles. The van der Waals surface area contributed by atoms with Crippen LogP contribution in [0.15, 0.2) is 35.4 Å². The zero-order valence-electron chi connectivity index (χ0n) is 13.5. The first-order chi connectivity index (χ1) is 11.7. The average molecular weight is 342 g/mol. The van der Waals surface area contributed by atoms with Crippen molar-refractivity contribution in [2.24, 2.45) is 23.7 Å². The van der Waals surface area contributed by atoms with Crippen molar-refractivity contribution in [3.05, 3.63) is 40.4 Å². The quantitative estimate of drug-likeness (QED) is 0.562. The molecule has 1 saturated heterocycles. The number of hydrogen-bond donors (Lipinski definition) is 0. The fourth-order valence-electron chi connectivity index (χ4n) is 5.74. The van der Waals surface area contributed by atoms with Crippen molar-refractivity contribution in [3.8, 4) is 0 Å². The number of hydrogen-bond acceptors (Lipinski definition) is 2. The Morgan fingerprint density at radius 3 is 1.83 bits per heavy atom. The largest absolute Gasteiger partial charge is 0.274 e. The zero-order chi connectivity index (χ0) is 16.4. The topological polar surface area (TPSA) is 37.4 Å². The third-order valence-electron chi connectivity index (χ3n) is 6.58. The van der Waals surface area contributed by atoms with Gasteiger partial charge in [0, 0.05) is 5.02 Å². The van der Waals surface area contributed by atoms with Crippen LogP contribution in [0, 0.1) is 23.7 Å². The Bertz CT molecular complexity index is 724. The van der Waals surface area contributed by atoms with Crippen LogP contribution in [0.4, 0.5) is 5.69 Å².